The van der Waals surface area contributed by atoms with Crippen molar-refractivity contribution >= 4 is 11.8 Å². The third-order valence-electron chi connectivity index (χ3n) is 1.67. The minimum atomic E-state index is -0.945. The van der Waals surface area contributed by atoms with E-state index in [4.69, 9.17) is 0 Å². The zero-order valence-corrected chi connectivity index (χ0v) is 9.71. The SMILES string of the molecule is CC(=O)C(C)(C)N=C([O-])N[N+](C)(C)C. The molecule has 0 atom stereocenters. The summed E-state index contributed by atoms with van der Waals surface area (Å²) in [4.78, 5) is 14.9. The fourth-order valence-corrected chi connectivity index (χ4v) is 0.645. The molecule has 0 aromatic carbocycles. The molecule has 0 aliphatic heterocycles. The minimum absolute atomic E-state index is 0.131. The summed E-state index contributed by atoms with van der Waals surface area (Å²) in [7, 11) is 5.40. The van der Waals surface area contributed by atoms with Gasteiger partial charge in [-0.15, -0.1) is 0 Å². The molecule has 5 nitrogen and oxygen atoms in total. The molecular weight excluding hydrogens is 182 g/mol. The fraction of sp³-hybridized carbons (Fsp3) is 0.778. The first-order valence-corrected chi connectivity index (χ1v) is 4.42. The molecular formula is C9H19N3O2. The van der Waals surface area contributed by atoms with Crippen LogP contribution in [0, 0.1) is 0 Å². The smallest absolute Gasteiger partial charge is 0.156 e. The summed E-state index contributed by atoms with van der Waals surface area (Å²) >= 11 is 0. The van der Waals surface area contributed by atoms with E-state index in [1.54, 1.807) is 35.0 Å². The summed E-state index contributed by atoms with van der Waals surface area (Å²) in [5.74, 6) is -0.131. The van der Waals surface area contributed by atoms with Gasteiger partial charge in [-0.05, 0) is 20.8 Å². The Morgan fingerprint density at radius 2 is 1.79 bits per heavy atom. The van der Waals surface area contributed by atoms with Crippen molar-refractivity contribution < 1.29 is 14.5 Å². The maximum Gasteiger partial charge on any atom is 0.156 e. The normalized spacial score (nSPS) is 14.0. The molecule has 0 aliphatic carbocycles. The van der Waals surface area contributed by atoms with Gasteiger partial charge in [-0.1, -0.05) is 0 Å². The minimum Gasteiger partial charge on any atom is -0.843 e. The number of aliphatic imine (C=N–C) groups is 1. The molecule has 0 spiro atoms. The fourth-order valence-electron chi connectivity index (χ4n) is 0.645. The zero-order chi connectivity index (χ0) is 11.6. The third kappa shape index (κ3) is 4.81. The van der Waals surface area contributed by atoms with E-state index in [1.807, 2.05) is 0 Å². The van der Waals surface area contributed by atoms with E-state index in [1.165, 1.54) is 6.92 Å². The number of Topliss-reactive ketones (excluding diaryl/α,β-unsaturated/α-hetero) is 1. The predicted molar refractivity (Wildman–Crippen MR) is 53.4 cm³/mol. The number of nitrogens with zero attached hydrogens (tertiary/aromatic N) is 2. The van der Waals surface area contributed by atoms with Crippen molar-refractivity contribution in [1.82, 2.24) is 5.43 Å². The van der Waals surface area contributed by atoms with Gasteiger partial charge in [-0.3, -0.25) is 9.79 Å². The molecule has 0 heterocycles. The van der Waals surface area contributed by atoms with Crippen LogP contribution < -0.4 is 10.5 Å². The van der Waals surface area contributed by atoms with Crippen LogP contribution in [0.15, 0.2) is 4.99 Å². The van der Waals surface area contributed by atoms with Crippen LogP contribution in [0.1, 0.15) is 20.8 Å². The van der Waals surface area contributed by atoms with Gasteiger partial charge in [0.2, 0.25) is 0 Å². The van der Waals surface area contributed by atoms with Gasteiger partial charge in [-0.25, -0.2) is 10.0 Å². The first kappa shape index (κ1) is 12.9. The Morgan fingerprint density at radius 1 is 1.36 bits per heavy atom. The van der Waals surface area contributed by atoms with Crippen LogP contribution >= 0.6 is 0 Å². The van der Waals surface area contributed by atoms with Gasteiger partial charge in [0.15, 0.2) is 5.78 Å². The number of rotatable bonds is 3. The molecule has 5 heteroatoms. The van der Waals surface area contributed by atoms with Crippen molar-refractivity contribution in [3.63, 3.8) is 0 Å². The monoisotopic (exact) mass is 201 g/mol. The highest BCUT2D eigenvalue weighted by atomic mass is 16.3. The first-order valence-electron chi connectivity index (χ1n) is 4.42. The lowest BCUT2D eigenvalue weighted by molar-refractivity contribution is -0.907. The first-order chi connectivity index (χ1) is 6.04. The van der Waals surface area contributed by atoms with Crippen molar-refractivity contribution in [2.24, 2.45) is 4.99 Å². The lowest BCUT2D eigenvalue weighted by Crippen LogP contribution is -2.56. The molecule has 1 N–H and O–H groups in total. The number of ketones is 1. The average Bonchev–Trinajstić information content (AvgIpc) is 1.79. The molecule has 0 saturated heterocycles. The van der Waals surface area contributed by atoms with E-state index in [0.29, 0.717) is 0 Å². The van der Waals surface area contributed by atoms with Gasteiger partial charge < -0.3 is 5.11 Å². The van der Waals surface area contributed by atoms with E-state index in [-0.39, 0.29) is 10.4 Å². The van der Waals surface area contributed by atoms with E-state index < -0.39 is 11.6 Å². The number of carbonyl (C=O) groups is 1. The number of amidine groups is 1. The van der Waals surface area contributed by atoms with Crippen LogP contribution in [0.25, 0.3) is 0 Å². The van der Waals surface area contributed by atoms with Crippen molar-refractivity contribution in [1.29, 1.82) is 0 Å². The third-order valence-corrected chi connectivity index (χ3v) is 1.67. The Bertz CT molecular complexity index is 251. The van der Waals surface area contributed by atoms with E-state index in [9.17, 15) is 9.90 Å². The van der Waals surface area contributed by atoms with Gasteiger partial charge in [0.25, 0.3) is 0 Å². The molecule has 0 aromatic rings. The zero-order valence-electron chi connectivity index (χ0n) is 9.71. The number of carbonyl (C=O) groups excluding carboxylic acids is 1. The van der Waals surface area contributed by atoms with Crippen LogP contribution in [0.2, 0.25) is 0 Å². The summed E-state index contributed by atoms with van der Waals surface area (Å²) in [6.45, 7) is 4.65. The van der Waals surface area contributed by atoms with E-state index in [2.05, 4.69) is 10.4 Å². The van der Waals surface area contributed by atoms with Crippen molar-refractivity contribution in [3.8, 4) is 0 Å². The molecule has 0 aromatic heterocycles. The number of nitrogens with one attached hydrogen (secondary N) is 1. The summed E-state index contributed by atoms with van der Waals surface area (Å²) < 4.78 is 0.274. The quantitative estimate of drug-likeness (QED) is 0.284. The number of quaternary nitrogens is 1. The predicted octanol–water partition coefficient (Wildman–Crippen LogP) is -0.719. The molecule has 0 amide bonds. The van der Waals surface area contributed by atoms with Crippen LogP contribution in [0.5, 0.6) is 0 Å². The summed E-state index contributed by atoms with van der Waals surface area (Å²) in [6, 6.07) is -0.474. The van der Waals surface area contributed by atoms with E-state index >= 15 is 0 Å². The average molecular weight is 201 g/mol. The van der Waals surface area contributed by atoms with Gasteiger partial charge >= 0.3 is 0 Å². The summed E-state index contributed by atoms with van der Waals surface area (Å²) in [6.07, 6.45) is 0. The highest BCUT2D eigenvalue weighted by Crippen LogP contribution is 2.09. The second-order valence-electron chi connectivity index (χ2n) is 4.66. The van der Waals surface area contributed by atoms with Gasteiger partial charge in [0.1, 0.15) is 11.6 Å². The van der Waals surface area contributed by atoms with Gasteiger partial charge in [-0.2, -0.15) is 0 Å². The Hall–Kier alpha value is -1.10. The van der Waals surface area contributed by atoms with Crippen molar-refractivity contribution in [3.05, 3.63) is 0 Å². The lowest BCUT2D eigenvalue weighted by atomic mass is 10.0. The highest BCUT2D eigenvalue weighted by molar-refractivity contribution is 5.87. The second-order valence-corrected chi connectivity index (χ2v) is 4.66. The maximum absolute atomic E-state index is 11.3. The molecule has 0 radical (unpaired) electrons. The molecule has 14 heavy (non-hydrogen) atoms. The number of hydrogen-bond acceptors (Lipinski definition) is 3. The summed E-state index contributed by atoms with van der Waals surface area (Å²) in [5, 5.41) is 11.3. The van der Waals surface area contributed by atoms with Crippen molar-refractivity contribution in [2.75, 3.05) is 21.1 Å². The van der Waals surface area contributed by atoms with Gasteiger partial charge in [0.05, 0.1) is 21.1 Å². The molecule has 0 bridgehead atoms. The van der Waals surface area contributed by atoms with Crippen LogP contribution in [0.4, 0.5) is 0 Å². The highest BCUT2D eigenvalue weighted by Gasteiger charge is 2.22. The molecule has 0 saturated carbocycles. The van der Waals surface area contributed by atoms with E-state index in [0.717, 1.165) is 0 Å². The van der Waals surface area contributed by atoms with Crippen LogP contribution in [-0.4, -0.2) is 43.1 Å². The standard InChI is InChI=1S/C9H19N3O2/c1-7(13)9(2,3)10-8(14)11-12(4,5)6/h1-6H3,(H-,10,11,14). The van der Waals surface area contributed by atoms with Crippen LogP contribution in [0.3, 0.4) is 0 Å². The van der Waals surface area contributed by atoms with Gasteiger partial charge in [0, 0.05) is 0 Å². The topological polar surface area (TPSA) is 64.5 Å². The maximum atomic E-state index is 11.3. The Morgan fingerprint density at radius 3 is 2.07 bits per heavy atom. The lowest BCUT2D eigenvalue weighted by Gasteiger charge is -2.30. The summed E-state index contributed by atoms with van der Waals surface area (Å²) in [5.41, 5.74) is 1.66. The molecule has 0 fully saturated rings. The second kappa shape index (κ2) is 3.96. The van der Waals surface area contributed by atoms with Crippen LogP contribution in [-0.2, 0) is 4.79 Å². The van der Waals surface area contributed by atoms with Crippen molar-refractivity contribution in [2.45, 2.75) is 26.3 Å². The molecule has 82 valence electrons. The largest absolute Gasteiger partial charge is 0.843 e. The number of hydrogen-bond donors (Lipinski definition) is 1. The Labute approximate surface area is 85.0 Å². The Kier molecular flexibility index (Phi) is 3.65. The molecule has 0 unspecified atom stereocenters. The molecule has 0 aliphatic rings. The molecule has 0 rings (SSSR count). The Balaban J connectivity index is 4.60.